The largest absolute Gasteiger partial charge is 0.457 e. The summed E-state index contributed by atoms with van der Waals surface area (Å²) in [6.45, 7) is 6.50. The van der Waals surface area contributed by atoms with Crippen molar-refractivity contribution in [1.29, 1.82) is 0 Å². The van der Waals surface area contributed by atoms with Gasteiger partial charge in [-0.25, -0.2) is 14.5 Å². The van der Waals surface area contributed by atoms with E-state index in [1.807, 2.05) is 35.8 Å². The number of hydrogen-bond donors (Lipinski definition) is 0. The summed E-state index contributed by atoms with van der Waals surface area (Å²) in [5.74, 6) is 3.25. The van der Waals surface area contributed by atoms with Crippen molar-refractivity contribution in [3.63, 3.8) is 0 Å². The molecule has 0 aliphatic carbocycles. The summed E-state index contributed by atoms with van der Waals surface area (Å²) in [4.78, 5) is 9.63. The van der Waals surface area contributed by atoms with E-state index in [-0.39, 0.29) is 5.41 Å². The Morgan fingerprint density at radius 3 is 2.34 bits per heavy atom. The quantitative estimate of drug-likeness (QED) is 0.211. The highest BCUT2D eigenvalue weighted by Crippen LogP contribution is 2.47. The maximum Gasteiger partial charge on any atom is 0.164 e. The fourth-order valence-electron chi connectivity index (χ4n) is 6.83. The number of rotatable bonds is 2. The highest BCUT2D eigenvalue weighted by atomic mass is 16.5. The number of pyridine rings is 2. The monoisotopic (exact) mass is 531 g/mol. The van der Waals surface area contributed by atoms with Crippen LogP contribution in [-0.2, 0) is 5.41 Å². The number of aromatic nitrogens is 5. The molecule has 0 spiro atoms. The Kier molecular flexibility index (Phi) is 4.24. The van der Waals surface area contributed by atoms with E-state index in [1.54, 1.807) is 0 Å². The van der Waals surface area contributed by atoms with Gasteiger partial charge in [-0.15, -0.1) is 0 Å². The number of hydrogen-bond acceptors (Lipinski definition) is 4. The summed E-state index contributed by atoms with van der Waals surface area (Å²) in [5, 5.41) is 10.4. The summed E-state index contributed by atoms with van der Waals surface area (Å²) in [7, 11) is 0. The molecule has 0 saturated carbocycles. The van der Waals surface area contributed by atoms with Crippen molar-refractivity contribution >= 4 is 49.1 Å². The Morgan fingerprint density at radius 2 is 1.44 bits per heavy atom. The SMILES string of the molecule is Cc1nc2c3cc(Oc4ccc5c6cccc7c6n(c5c4)-c4ncccc4C7(C)C)ccc3c3ccccc3n2n1. The van der Waals surface area contributed by atoms with Gasteiger partial charge in [0, 0.05) is 44.8 Å². The maximum atomic E-state index is 6.54. The maximum absolute atomic E-state index is 6.54. The lowest BCUT2D eigenvalue weighted by molar-refractivity contribution is 0.484. The third kappa shape index (κ3) is 2.94. The van der Waals surface area contributed by atoms with Crippen LogP contribution in [0.15, 0.2) is 97.2 Å². The summed E-state index contributed by atoms with van der Waals surface area (Å²) in [5.41, 5.74) is 6.56. The zero-order valence-electron chi connectivity index (χ0n) is 22.9. The van der Waals surface area contributed by atoms with Crippen LogP contribution < -0.4 is 4.74 Å². The Bertz CT molecular complexity index is 2390. The predicted octanol–water partition coefficient (Wildman–Crippen LogP) is 8.27. The Labute approximate surface area is 235 Å². The minimum absolute atomic E-state index is 0.145. The number of aryl methyl sites for hydroxylation is 1. The van der Waals surface area contributed by atoms with Crippen LogP contribution in [-0.4, -0.2) is 24.1 Å². The topological polar surface area (TPSA) is 57.2 Å². The molecule has 0 fully saturated rings. The van der Waals surface area contributed by atoms with Crippen molar-refractivity contribution in [3.8, 4) is 17.3 Å². The number of benzene rings is 4. The predicted molar refractivity (Wildman–Crippen MR) is 164 cm³/mol. The van der Waals surface area contributed by atoms with E-state index in [4.69, 9.17) is 14.7 Å². The standard InChI is InChI=1S/C35H25N5O/c1-20-37-33-27-18-21(13-15-23(27)24-8-4-5-12-30(24)40(33)38-20)41-22-14-16-25-26-9-6-10-28-32(26)39(31(25)19-22)34-29(35(28,2)3)11-7-17-36-34/h4-19H,1-3H3. The van der Waals surface area contributed by atoms with Gasteiger partial charge in [-0.1, -0.05) is 56.3 Å². The molecule has 6 heteroatoms. The van der Waals surface area contributed by atoms with E-state index >= 15 is 0 Å². The summed E-state index contributed by atoms with van der Waals surface area (Å²) in [6, 6.07) is 31.8. The second kappa shape index (κ2) is 7.70. The first-order valence-corrected chi connectivity index (χ1v) is 13.9. The van der Waals surface area contributed by atoms with E-state index in [1.165, 1.54) is 27.4 Å². The van der Waals surface area contributed by atoms with Gasteiger partial charge in [0.15, 0.2) is 5.65 Å². The van der Waals surface area contributed by atoms with Gasteiger partial charge in [-0.3, -0.25) is 4.57 Å². The Balaban J connectivity index is 1.25. The average molecular weight is 532 g/mol. The van der Waals surface area contributed by atoms with Gasteiger partial charge in [-0.05, 0) is 60.3 Å². The molecule has 9 rings (SSSR count). The van der Waals surface area contributed by atoms with Crippen LogP contribution in [0.5, 0.6) is 11.5 Å². The van der Waals surface area contributed by atoms with Gasteiger partial charge in [0.05, 0.1) is 16.6 Å². The molecule has 196 valence electrons. The van der Waals surface area contributed by atoms with Crippen LogP contribution in [0.3, 0.4) is 0 Å². The van der Waals surface area contributed by atoms with Gasteiger partial charge in [0.1, 0.15) is 23.1 Å². The normalized spacial score (nSPS) is 13.9. The molecule has 0 saturated heterocycles. The smallest absolute Gasteiger partial charge is 0.164 e. The second-order valence-corrected chi connectivity index (χ2v) is 11.4. The molecule has 0 unspecified atom stereocenters. The molecule has 1 aliphatic rings. The molecule has 1 aliphatic heterocycles. The number of para-hydroxylation sites is 2. The lowest BCUT2D eigenvalue weighted by Crippen LogP contribution is -2.26. The molecule has 0 N–H and O–H groups in total. The second-order valence-electron chi connectivity index (χ2n) is 11.4. The van der Waals surface area contributed by atoms with Gasteiger partial charge in [0.25, 0.3) is 0 Å². The molecule has 0 atom stereocenters. The average Bonchev–Trinajstić information content (AvgIpc) is 3.54. The van der Waals surface area contributed by atoms with Crippen molar-refractivity contribution in [2.24, 2.45) is 0 Å². The van der Waals surface area contributed by atoms with Gasteiger partial charge >= 0.3 is 0 Å². The summed E-state index contributed by atoms with van der Waals surface area (Å²) >= 11 is 0. The van der Waals surface area contributed by atoms with E-state index in [9.17, 15) is 0 Å². The molecule has 0 bridgehead atoms. The Hall–Kier alpha value is -5.23. The van der Waals surface area contributed by atoms with Gasteiger partial charge in [-0.2, -0.15) is 5.10 Å². The van der Waals surface area contributed by atoms with Crippen LogP contribution in [0.25, 0.3) is 54.9 Å². The molecule has 5 heterocycles. The van der Waals surface area contributed by atoms with E-state index in [0.717, 1.165) is 56.0 Å². The molecule has 41 heavy (non-hydrogen) atoms. The van der Waals surface area contributed by atoms with Gasteiger partial charge in [0.2, 0.25) is 0 Å². The molecular formula is C35H25N5O. The highest BCUT2D eigenvalue weighted by molar-refractivity contribution is 6.13. The molecular weight excluding hydrogens is 506 g/mol. The number of nitrogens with zero attached hydrogens (tertiary/aromatic N) is 5. The zero-order valence-corrected chi connectivity index (χ0v) is 22.9. The highest BCUT2D eigenvalue weighted by Gasteiger charge is 2.35. The third-order valence-electron chi connectivity index (χ3n) is 8.71. The van der Waals surface area contributed by atoms with Crippen molar-refractivity contribution in [1.82, 2.24) is 24.1 Å². The van der Waals surface area contributed by atoms with Crippen molar-refractivity contribution in [2.45, 2.75) is 26.2 Å². The molecule has 4 aromatic carbocycles. The zero-order chi connectivity index (χ0) is 27.5. The first-order valence-electron chi connectivity index (χ1n) is 13.9. The van der Waals surface area contributed by atoms with Crippen LogP contribution in [0.2, 0.25) is 0 Å². The Morgan fingerprint density at radius 1 is 0.683 bits per heavy atom. The minimum atomic E-state index is -0.145. The van der Waals surface area contributed by atoms with E-state index < -0.39 is 0 Å². The molecule has 4 aromatic heterocycles. The summed E-state index contributed by atoms with van der Waals surface area (Å²) < 4.78 is 10.8. The lowest BCUT2D eigenvalue weighted by atomic mass is 9.76. The molecule has 0 amide bonds. The van der Waals surface area contributed by atoms with Crippen LogP contribution in [0, 0.1) is 6.92 Å². The van der Waals surface area contributed by atoms with Crippen LogP contribution in [0.4, 0.5) is 0 Å². The van der Waals surface area contributed by atoms with E-state index in [0.29, 0.717) is 0 Å². The fourth-order valence-corrected chi connectivity index (χ4v) is 6.83. The van der Waals surface area contributed by atoms with Crippen molar-refractivity contribution in [3.05, 3.63) is 114 Å². The molecule has 8 aromatic rings. The van der Waals surface area contributed by atoms with Crippen LogP contribution >= 0.6 is 0 Å². The third-order valence-corrected chi connectivity index (χ3v) is 8.71. The summed E-state index contributed by atoms with van der Waals surface area (Å²) in [6.07, 6.45) is 1.88. The number of fused-ring (bicyclic) bond motifs is 11. The fraction of sp³-hybridized carbons (Fsp3) is 0.114. The van der Waals surface area contributed by atoms with Gasteiger partial charge < -0.3 is 4.74 Å². The lowest BCUT2D eigenvalue weighted by Gasteiger charge is -2.33. The van der Waals surface area contributed by atoms with Crippen LogP contribution in [0.1, 0.15) is 30.8 Å². The number of ether oxygens (including phenoxy) is 1. The first kappa shape index (κ1) is 22.6. The van der Waals surface area contributed by atoms with Crippen molar-refractivity contribution in [2.75, 3.05) is 0 Å². The van der Waals surface area contributed by atoms with E-state index in [2.05, 4.69) is 96.3 Å². The van der Waals surface area contributed by atoms with Crippen molar-refractivity contribution < 1.29 is 4.74 Å². The molecule has 6 nitrogen and oxygen atoms in total. The minimum Gasteiger partial charge on any atom is -0.457 e. The molecule has 0 radical (unpaired) electrons. The first-order chi connectivity index (χ1) is 20.0.